The average Bonchev–Trinajstić information content (AvgIpc) is 3.11. The van der Waals surface area contributed by atoms with Gasteiger partial charge in [-0.25, -0.2) is 8.78 Å². The molecule has 0 aliphatic heterocycles. The van der Waals surface area contributed by atoms with Gasteiger partial charge in [0.25, 0.3) is 0 Å². The van der Waals surface area contributed by atoms with Crippen LogP contribution in [0.25, 0.3) is 11.4 Å². The Morgan fingerprint density at radius 2 is 1.86 bits per heavy atom. The van der Waals surface area contributed by atoms with E-state index in [4.69, 9.17) is 4.74 Å². The molecule has 0 bridgehead atoms. The zero-order valence-corrected chi connectivity index (χ0v) is 16.5. The minimum atomic E-state index is -1.04. The summed E-state index contributed by atoms with van der Waals surface area (Å²) in [5.74, 6) is -0.902. The molecule has 0 fully saturated rings. The summed E-state index contributed by atoms with van der Waals surface area (Å²) in [5, 5.41) is 8.51. The molecule has 0 unspecified atom stereocenters. The highest BCUT2D eigenvalue weighted by atomic mass is 32.2. The van der Waals surface area contributed by atoms with Gasteiger partial charge in [-0.2, -0.15) is 0 Å². The molecule has 146 valence electrons. The Balaban J connectivity index is 1.82. The zero-order valence-electron chi connectivity index (χ0n) is 15.6. The molecule has 8 heteroatoms. The first-order chi connectivity index (χ1) is 13.4. The first-order valence-electron chi connectivity index (χ1n) is 8.68. The lowest BCUT2D eigenvalue weighted by Gasteiger charge is -2.12. The van der Waals surface area contributed by atoms with Gasteiger partial charge in [-0.1, -0.05) is 11.8 Å². The van der Waals surface area contributed by atoms with E-state index < -0.39 is 16.9 Å². The summed E-state index contributed by atoms with van der Waals surface area (Å²) in [5.41, 5.74) is 0.999. The zero-order chi connectivity index (χ0) is 20.3. The Hall–Kier alpha value is -2.74. The van der Waals surface area contributed by atoms with Crippen molar-refractivity contribution in [3.8, 4) is 17.1 Å². The van der Waals surface area contributed by atoms with Gasteiger partial charge in [0, 0.05) is 17.7 Å². The standard InChI is InChI=1S/C20H19F2N3O2S/c1-4-25-19(13-5-8-15(27-3)9-6-13)23-24-20(25)28-12(2)18(26)14-7-10-16(21)17(22)11-14/h5-12H,4H2,1-3H3/t12-/m0/s1. The average molecular weight is 403 g/mol. The first kappa shape index (κ1) is 20.0. The number of thioether (sulfide) groups is 1. The number of aromatic nitrogens is 3. The van der Waals surface area contributed by atoms with Crippen LogP contribution in [0, 0.1) is 11.6 Å². The summed E-state index contributed by atoms with van der Waals surface area (Å²) in [4.78, 5) is 12.6. The summed E-state index contributed by atoms with van der Waals surface area (Å²) in [6, 6.07) is 10.6. The van der Waals surface area contributed by atoms with Crippen LogP contribution in [0.5, 0.6) is 5.75 Å². The van der Waals surface area contributed by atoms with Crippen molar-refractivity contribution in [1.82, 2.24) is 14.8 Å². The van der Waals surface area contributed by atoms with Gasteiger partial charge in [0.2, 0.25) is 0 Å². The number of hydrogen-bond donors (Lipinski definition) is 0. The molecule has 0 spiro atoms. The van der Waals surface area contributed by atoms with Crippen LogP contribution in [-0.4, -0.2) is 32.9 Å². The predicted molar refractivity (Wildman–Crippen MR) is 104 cm³/mol. The third-order valence-electron chi connectivity index (χ3n) is 4.24. The lowest BCUT2D eigenvalue weighted by Crippen LogP contribution is -2.15. The van der Waals surface area contributed by atoms with Crippen molar-refractivity contribution >= 4 is 17.5 Å². The molecule has 28 heavy (non-hydrogen) atoms. The fourth-order valence-electron chi connectivity index (χ4n) is 2.71. The number of methoxy groups -OCH3 is 1. The van der Waals surface area contributed by atoms with E-state index in [9.17, 15) is 13.6 Å². The lowest BCUT2D eigenvalue weighted by atomic mass is 10.1. The minimum absolute atomic E-state index is 0.122. The lowest BCUT2D eigenvalue weighted by molar-refractivity contribution is 0.0993. The Labute approximate surface area is 165 Å². The molecule has 1 aromatic heterocycles. The predicted octanol–water partition coefficient (Wildman–Crippen LogP) is 4.62. The molecule has 5 nitrogen and oxygen atoms in total. The molecule has 0 aliphatic rings. The monoisotopic (exact) mass is 403 g/mol. The van der Waals surface area contributed by atoms with Crippen molar-refractivity contribution in [2.24, 2.45) is 0 Å². The van der Waals surface area contributed by atoms with Crippen molar-refractivity contribution in [2.45, 2.75) is 30.8 Å². The summed E-state index contributed by atoms with van der Waals surface area (Å²) >= 11 is 1.23. The third-order valence-corrected chi connectivity index (χ3v) is 5.32. The Bertz CT molecular complexity index is 990. The first-order valence-corrected chi connectivity index (χ1v) is 9.56. The number of ether oxygens (including phenoxy) is 1. The molecule has 2 aromatic carbocycles. The minimum Gasteiger partial charge on any atom is -0.497 e. The van der Waals surface area contributed by atoms with E-state index in [0.29, 0.717) is 17.5 Å². The summed E-state index contributed by atoms with van der Waals surface area (Å²) < 4.78 is 33.6. The van der Waals surface area contributed by atoms with Crippen molar-refractivity contribution in [2.75, 3.05) is 7.11 Å². The number of benzene rings is 2. The molecule has 0 saturated carbocycles. The summed E-state index contributed by atoms with van der Waals surface area (Å²) in [6.07, 6.45) is 0. The summed E-state index contributed by atoms with van der Waals surface area (Å²) in [6.45, 7) is 4.28. The second-order valence-corrected chi connectivity index (χ2v) is 7.34. The molecular formula is C20H19F2N3O2S. The maximum absolute atomic E-state index is 13.4. The van der Waals surface area contributed by atoms with E-state index in [2.05, 4.69) is 10.2 Å². The second-order valence-electron chi connectivity index (χ2n) is 6.03. The van der Waals surface area contributed by atoms with Crippen LogP contribution >= 0.6 is 11.8 Å². The Kier molecular flexibility index (Phi) is 6.08. The Morgan fingerprint density at radius 1 is 1.14 bits per heavy atom. The number of rotatable bonds is 7. The van der Waals surface area contributed by atoms with E-state index in [1.54, 1.807) is 14.0 Å². The second kappa shape index (κ2) is 8.52. The van der Waals surface area contributed by atoms with Crippen LogP contribution < -0.4 is 4.74 Å². The van der Waals surface area contributed by atoms with Crippen molar-refractivity contribution in [1.29, 1.82) is 0 Å². The molecule has 1 atom stereocenters. The van der Waals surface area contributed by atoms with Gasteiger partial charge in [0.15, 0.2) is 28.4 Å². The van der Waals surface area contributed by atoms with Crippen molar-refractivity contribution < 1.29 is 18.3 Å². The van der Waals surface area contributed by atoms with Crippen LogP contribution in [0.3, 0.4) is 0 Å². The van der Waals surface area contributed by atoms with E-state index in [0.717, 1.165) is 23.4 Å². The van der Waals surface area contributed by atoms with Gasteiger partial charge in [-0.3, -0.25) is 4.79 Å². The molecule has 0 N–H and O–H groups in total. The number of ketones is 1. The molecule has 0 saturated heterocycles. The van der Waals surface area contributed by atoms with E-state index in [1.165, 1.54) is 17.8 Å². The molecule has 0 radical (unpaired) electrons. The highest BCUT2D eigenvalue weighted by molar-refractivity contribution is 8.00. The number of halogens is 2. The fraction of sp³-hybridized carbons (Fsp3) is 0.250. The molecule has 0 amide bonds. The number of carbonyl (C=O) groups excluding carboxylic acids is 1. The van der Waals surface area contributed by atoms with Gasteiger partial charge < -0.3 is 9.30 Å². The molecule has 0 aliphatic carbocycles. The smallest absolute Gasteiger partial charge is 0.192 e. The molecule has 1 heterocycles. The molecule has 3 rings (SSSR count). The fourth-order valence-corrected chi connectivity index (χ4v) is 3.70. The quantitative estimate of drug-likeness (QED) is 0.426. The highest BCUT2D eigenvalue weighted by Gasteiger charge is 2.22. The van der Waals surface area contributed by atoms with Gasteiger partial charge in [0.05, 0.1) is 12.4 Å². The van der Waals surface area contributed by atoms with E-state index in [1.807, 2.05) is 35.8 Å². The van der Waals surface area contributed by atoms with Crippen LogP contribution in [0.1, 0.15) is 24.2 Å². The topological polar surface area (TPSA) is 57.0 Å². The number of nitrogens with zero attached hydrogens (tertiary/aromatic N) is 3. The van der Waals surface area contributed by atoms with Crippen LogP contribution in [-0.2, 0) is 6.54 Å². The van der Waals surface area contributed by atoms with Gasteiger partial charge >= 0.3 is 0 Å². The SMILES string of the molecule is CCn1c(S[C@@H](C)C(=O)c2ccc(F)c(F)c2)nnc1-c1ccc(OC)cc1. The summed E-state index contributed by atoms with van der Waals surface area (Å²) in [7, 11) is 1.60. The molecular weight excluding hydrogens is 384 g/mol. The highest BCUT2D eigenvalue weighted by Crippen LogP contribution is 2.29. The normalized spacial score (nSPS) is 12.0. The van der Waals surface area contributed by atoms with E-state index >= 15 is 0 Å². The number of hydrogen-bond acceptors (Lipinski definition) is 5. The largest absolute Gasteiger partial charge is 0.497 e. The Morgan fingerprint density at radius 3 is 2.46 bits per heavy atom. The van der Waals surface area contributed by atoms with Crippen LogP contribution in [0.4, 0.5) is 8.78 Å². The van der Waals surface area contributed by atoms with Gasteiger partial charge in [-0.05, 0) is 56.3 Å². The van der Waals surface area contributed by atoms with Crippen molar-refractivity contribution in [3.05, 3.63) is 59.7 Å². The third kappa shape index (κ3) is 4.06. The van der Waals surface area contributed by atoms with Crippen LogP contribution in [0.15, 0.2) is 47.6 Å². The molecule has 3 aromatic rings. The van der Waals surface area contributed by atoms with Crippen LogP contribution in [0.2, 0.25) is 0 Å². The van der Waals surface area contributed by atoms with Crippen molar-refractivity contribution in [3.63, 3.8) is 0 Å². The number of carbonyl (C=O) groups is 1. The number of Topliss-reactive ketones (excluding diaryl/α,β-unsaturated/α-hetero) is 1. The van der Waals surface area contributed by atoms with Gasteiger partial charge in [-0.15, -0.1) is 10.2 Å². The maximum Gasteiger partial charge on any atom is 0.192 e. The maximum atomic E-state index is 13.4. The van der Waals surface area contributed by atoms with Gasteiger partial charge in [0.1, 0.15) is 5.75 Å². The van der Waals surface area contributed by atoms with E-state index in [-0.39, 0.29) is 11.3 Å².